The van der Waals surface area contributed by atoms with Gasteiger partial charge in [-0.3, -0.25) is 14.2 Å². The molecule has 2 aromatic heterocycles. The predicted molar refractivity (Wildman–Crippen MR) is 138 cm³/mol. The van der Waals surface area contributed by atoms with Crippen molar-refractivity contribution >= 4 is 46.1 Å². The molecule has 1 unspecified atom stereocenters. The number of fused-ring (bicyclic) bond motifs is 1. The average molecular weight is 532 g/mol. The molecule has 2 N–H and O–H groups in total. The van der Waals surface area contributed by atoms with E-state index >= 15 is 0 Å². The van der Waals surface area contributed by atoms with Crippen LogP contribution in [-0.4, -0.2) is 53.9 Å². The first-order valence-electron chi connectivity index (χ1n) is 10.7. The summed E-state index contributed by atoms with van der Waals surface area (Å²) < 4.78 is 17.6. The minimum atomic E-state index is -0.372. The minimum absolute atomic E-state index is 0.183. The normalized spacial score (nSPS) is 16.2. The third-order valence-corrected chi connectivity index (χ3v) is 6.43. The number of rotatable bonds is 7. The summed E-state index contributed by atoms with van der Waals surface area (Å²) in [7, 11) is 4.52. The number of amides is 1. The molecule has 1 saturated heterocycles. The number of anilines is 1. The smallest absolute Gasteiger partial charge is 0.259 e. The Balaban J connectivity index is 1.74. The van der Waals surface area contributed by atoms with Crippen molar-refractivity contribution in [1.29, 1.82) is 0 Å². The molecular weight excluding hydrogens is 509 g/mol. The summed E-state index contributed by atoms with van der Waals surface area (Å²) in [5.41, 5.74) is 1.37. The number of pyridine rings is 1. The van der Waals surface area contributed by atoms with Gasteiger partial charge in [-0.1, -0.05) is 29.8 Å². The van der Waals surface area contributed by atoms with E-state index in [2.05, 4.69) is 27.2 Å². The van der Waals surface area contributed by atoms with Crippen molar-refractivity contribution in [3.8, 4) is 22.6 Å². The van der Waals surface area contributed by atoms with Gasteiger partial charge in [0.25, 0.3) is 5.56 Å². The number of aromatic nitrogens is 3. The molecule has 0 bridgehead atoms. The van der Waals surface area contributed by atoms with Gasteiger partial charge in [-0.05, 0) is 17.7 Å². The number of methoxy groups -OCH3 is 2. The maximum Gasteiger partial charge on any atom is 0.259 e. The van der Waals surface area contributed by atoms with E-state index < -0.39 is 0 Å². The van der Waals surface area contributed by atoms with Crippen LogP contribution in [0, 0.1) is 0 Å². The van der Waals surface area contributed by atoms with Gasteiger partial charge in [-0.15, -0.1) is 0 Å². The van der Waals surface area contributed by atoms with Crippen molar-refractivity contribution in [3.05, 3.63) is 63.2 Å². The Labute approximate surface area is 216 Å². The molecule has 0 saturated carbocycles. The van der Waals surface area contributed by atoms with Crippen LogP contribution in [0.25, 0.3) is 22.2 Å². The van der Waals surface area contributed by atoms with Crippen molar-refractivity contribution < 1.29 is 19.0 Å². The molecule has 3 aromatic rings. The molecule has 10 nitrogen and oxygen atoms in total. The van der Waals surface area contributed by atoms with Crippen LogP contribution in [0.5, 0.6) is 11.5 Å². The van der Waals surface area contributed by atoms with Crippen LogP contribution in [0.3, 0.4) is 0 Å². The van der Waals surface area contributed by atoms with Gasteiger partial charge in [0.15, 0.2) is 0 Å². The highest BCUT2D eigenvalue weighted by atomic mass is 35.5. The topological polar surface area (TPSA) is 117 Å². The summed E-state index contributed by atoms with van der Waals surface area (Å²) in [6.07, 6.45) is 4.34. The van der Waals surface area contributed by atoms with Crippen molar-refractivity contribution in [1.82, 2.24) is 19.9 Å². The predicted octanol–water partition coefficient (Wildman–Crippen LogP) is 3.32. The van der Waals surface area contributed by atoms with Crippen LogP contribution < -0.4 is 25.7 Å². The molecule has 0 spiro atoms. The van der Waals surface area contributed by atoms with Crippen LogP contribution in [0.1, 0.15) is 0 Å². The van der Waals surface area contributed by atoms with Gasteiger partial charge >= 0.3 is 0 Å². The lowest BCUT2D eigenvalue weighted by molar-refractivity contribution is -0.115. The van der Waals surface area contributed by atoms with Gasteiger partial charge < -0.3 is 24.8 Å². The molecule has 1 atom stereocenters. The lowest BCUT2D eigenvalue weighted by Crippen LogP contribution is -2.26. The summed E-state index contributed by atoms with van der Waals surface area (Å²) in [5, 5.41) is 6.75. The van der Waals surface area contributed by atoms with E-state index in [9.17, 15) is 9.59 Å². The lowest BCUT2D eigenvalue weighted by atomic mass is 10.0. The fourth-order valence-corrected chi connectivity index (χ4v) is 4.48. The Morgan fingerprint density at radius 1 is 1.25 bits per heavy atom. The second-order valence-electron chi connectivity index (χ2n) is 7.82. The van der Waals surface area contributed by atoms with E-state index in [0.717, 1.165) is 5.57 Å². The number of aryl methyl sites for hydroxylation is 1. The minimum Gasteiger partial charge on any atom is -0.495 e. The Morgan fingerprint density at radius 3 is 2.58 bits per heavy atom. The van der Waals surface area contributed by atoms with Crippen molar-refractivity contribution in [2.24, 2.45) is 7.05 Å². The van der Waals surface area contributed by atoms with Crippen LogP contribution in [0.15, 0.2) is 47.6 Å². The summed E-state index contributed by atoms with van der Waals surface area (Å²) in [4.78, 5) is 33.8. The quantitative estimate of drug-likeness (QED) is 0.446. The number of carbonyl (C=O) groups is 1. The molecule has 1 amide bonds. The van der Waals surface area contributed by atoms with Crippen LogP contribution in [-0.2, 0) is 16.6 Å². The molecule has 4 rings (SSSR count). The average Bonchev–Trinajstić information content (AvgIpc) is 3.32. The Bertz CT molecular complexity index is 1430. The van der Waals surface area contributed by atoms with Gasteiger partial charge in [0.2, 0.25) is 11.9 Å². The first-order valence-corrected chi connectivity index (χ1v) is 11.5. The highest BCUT2D eigenvalue weighted by Crippen LogP contribution is 2.45. The molecule has 1 aromatic carbocycles. The van der Waals surface area contributed by atoms with Gasteiger partial charge in [0, 0.05) is 36.5 Å². The number of halogens is 2. The van der Waals surface area contributed by atoms with Gasteiger partial charge in [0.1, 0.15) is 17.1 Å². The Hall–Kier alpha value is -3.60. The third kappa shape index (κ3) is 4.75. The molecule has 1 aliphatic rings. The second-order valence-corrected chi connectivity index (χ2v) is 8.58. The third-order valence-electron chi connectivity index (χ3n) is 5.68. The molecule has 1 aliphatic heterocycles. The van der Waals surface area contributed by atoms with Crippen LogP contribution in [0.2, 0.25) is 10.0 Å². The number of benzene rings is 1. The maximum absolute atomic E-state index is 13.4. The van der Waals surface area contributed by atoms with E-state index in [4.69, 9.17) is 37.4 Å². The molecular formula is C24H23Cl2N5O5. The van der Waals surface area contributed by atoms with E-state index in [1.54, 1.807) is 31.6 Å². The lowest BCUT2D eigenvalue weighted by Gasteiger charge is -2.16. The fourth-order valence-electron chi connectivity index (χ4n) is 3.77. The summed E-state index contributed by atoms with van der Waals surface area (Å²) in [5.74, 6) is 0.603. The van der Waals surface area contributed by atoms with E-state index in [1.807, 2.05) is 0 Å². The monoisotopic (exact) mass is 531 g/mol. The van der Waals surface area contributed by atoms with Crippen LogP contribution >= 0.6 is 23.2 Å². The fraction of sp³-hybridized carbons (Fsp3) is 0.250. The molecule has 36 heavy (non-hydrogen) atoms. The number of hydrogen-bond donors (Lipinski definition) is 2. The summed E-state index contributed by atoms with van der Waals surface area (Å²) in [6.45, 7) is 4.13. The zero-order chi connectivity index (χ0) is 26.0. The number of hydrogen-bond acceptors (Lipinski definition) is 8. The van der Waals surface area contributed by atoms with E-state index in [-0.39, 0.29) is 33.1 Å². The molecule has 0 radical (unpaired) electrons. The Kier molecular flexibility index (Phi) is 7.48. The first-order chi connectivity index (χ1) is 17.3. The van der Waals surface area contributed by atoms with Gasteiger partial charge in [0.05, 0.1) is 49.1 Å². The number of nitrogens with zero attached hydrogens (tertiary/aromatic N) is 3. The SMILES string of the molecule is C=CC(=O)N/C=C1\COCC1Nc1ncc2cc(-c3c(Cl)c(OC)cc(OC)c3Cl)c(=O)n(C)c2n1. The van der Waals surface area contributed by atoms with Crippen LogP contribution in [0.4, 0.5) is 5.95 Å². The first kappa shape index (κ1) is 25.5. The standard InChI is InChI=1S/C24H23Cl2N5O5/c1-5-18(32)27-9-13-10-36-11-15(13)29-24-28-8-12-6-14(23(33)31(2)22(12)30-24)19-20(25)16(34-3)7-17(35-4)21(19)26/h5-9,15H,1,10-11H2,2-4H3,(H,27,32)(H,28,29,30)/b13-9+. The van der Waals surface area contributed by atoms with Gasteiger partial charge in [-0.25, -0.2) is 4.98 Å². The summed E-state index contributed by atoms with van der Waals surface area (Å²) >= 11 is 13.1. The molecule has 1 fully saturated rings. The largest absolute Gasteiger partial charge is 0.495 e. The maximum atomic E-state index is 13.4. The van der Waals surface area contributed by atoms with E-state index in [1.165, 1.54) is 24.9 Å². The zero-order valence-electron chi connectivity index (χ0n) is 19.7. The summed E-state index contributed by atoms with van der Waals surface area (Å²) in [6, 6.07) is 2.92. The van der Waals surface area contributed by atoms with Gasteiger partial charge in [-0.2, -0.15) is 4.98 Å². The molecule has 188 valence electrons. The second kappa shape index (κ2) is 10.6. The number of nitrogens with one attached hydrogen (secondary N) is 2. The highest BCUT2D eigenvalue weighted by Gasteiger charge is 2.24. The molecule has 12 heteroatoms. The van der Waals surface area contributed by atoms with Crippen molar-refractivity contribution in [2.75, 3.05) is 32.8 Å². The molecule has 3 heterocycles. The van der Waals surface area contributed by atoms with E-state index in [0.29, 0.717) is 47.3 Å². The Morgan fingerprint density at radius 2 is 1.94 bits per heavy atom. The zero-order valence-corrected chi connectivity index (χ0v) is 21.2. The van der Waals surface area contributed by atoms with Crippen molar-refractivity contribution in [3.63, 3.8) is 0 Å². The van der Waals surface area contributed by atoms with Crippen molar-refractivity contribution in [2.45, 2.75) is 6.04 Å². The number of carbonyl (C=O) groups excluding carboxylic acids is 1. The number of ether oxygens (including phenoxy) is 3. The highest BCUT2D eigenvalue weighted by molar-refractivity contribution is 6.41. The molecule has 0 aliphatic carbocycles.